The minimum Gasteiger partial charge on any atom is -0.427 e. The molecular weight excluding hydrogens is 361 g/mol. The number of nitrogens with zero attached hydrogens (tertiary/aromatic N) is 4. The van der Waals surface area contributed by atoms with E-state index in [1.54, 1.807) is 0 Å². The highest BCUT2D eigenvalue weighted by atomic mass is 19.2. The van der Waals surface area contributed by atoms with Gasteiger partial charge in [0, 0.05) is 6.54 Å². The van der Waals surface area contributed by atoms with Gasteiger partial charge in [-0.15, -0.1) is 5.10 Å². The average Bonchev–Trinajstić information content (AvgIpc) is 3.07. The lowest BCUT2D eigenvalue weighted by Crippen LogP contribution is -2.29. The number of halogens is 2. The van der Waals surface area contributed by atoms with Crippen molar-refractivity contribution in [1.82, 2.24) is 25.5 Å². The molecule has 1 heterocycles. The predicted molar refractivity (Wildman–Crippen MR) is 91.8 cm³/mol. The topological polar surface area (TPSA) is 139 Å². The highest BCUT2D eigenvalue weighted by molar-refractivity contribution is 6.40. The van der Waals surface area contributed by atoms with E-state index in [1.807, 2.05) is 0 Å². The van der Waals surface area contributed by atoms with Crippen LogP contribution in [0.25, 0.3) is 0 Å². The first-order chi connectivity index (χ1) is 12.9. The van der Waals surface area contributed by atoms with Crippen molar-refractivity contribution in [2.45, 2.75) is 44.7 Å². The number of nitrogens with one attached hydrogen (secondary N) is 1. The van der Waals surface area contributed by atoms with Crippen molar-refractivity contribution in [3.05, 3.63) is 41.2 Å². The molecule has 1 aromatic carbocycles. The number of hydrogen-bond donors (Lipinski definition) is 4. The van der Waals surface area contributed by atoms with Crippen LogP contribution in [0, 0.1) is 11.6 Å². The molecule has 1 atom stereocenters. The maximum atomic E-state index is 13.2. The van der Waals surface area contributed by atoms with E-state index in [1.165, 1.54) is 10.7 Å². The summed E-state index contributed by atoms with van der Waals surface area (Å²) in [5.74, 6) is -2.01. The van der Waals surface area contributed by atoms with Gasteiger partial charge in [0.05, 0.1) is 6.04 Å². The van der Waals surface area contributed by atoms with Crippen LogP contribution in [-0.2, 0) is 17.9 Å². The van der Waals surface area contributed by atoms with E-state index in [0.29, 0.717) is 30.7 Å². The van der Waals surface area contributed by atoms with E-state index in [-0.39, 0.29) is 19.4 Å². The average molecular weight is 382 g/mol. The molecule has 2 aromatic rings. The predicted octanol–water partition coefficient (Wildman–Crippen LogP) is -0.0894. The Labute approximate surface area is 154 Å². The summed E-state index contributed by atoms with van der Waals surface area (Å²) in [5.41, 5.74) is 6.45. The first-order valence-corrected chi connectivity index (χ1v) is 8.45. The van der Waals surface area contributed by atoms with Gasteiger partial charge in [-0.05, 0) is 40.9 Å². The normalized spacial score (nSPS) is 12.0. The molecule has 12 heteroatoms. The molecule has 0 aliphatic heterocycles. The lowest BCUT2D eigenvalue weighted by Gasteiger charge is -2.12. The minimum absolute atomic E-state index is 0.0308. The van der Waals surface area contributed by atoms with Crippen LogP contribution in [0.15, 0.2) is 18.2 Å². The molecule has 0 fully saturated rings. The molecule has 27 heavy (non-hydrogen) atoms. The van der Waals surface area contributed by atoms with Crippen LogP contribution < -0.4 is 11.1 Å². The number of carbonyl (C=O) groups is 1. The summed E-state index contributed by atoms with van der Waals surface area (Å²) >= 11 is 0. The van der Waals surface area contributed by atoms with Crippen LogP contribution in [0.5, 0.6) is 0 Å². The summed E-state index contributed by atoms with van der Waals surface area (Å²) in [5, 5.41) is 31.3. The van der Waals surface area contributed by atoms with Crippen molar-refractivity contribution < 1.29 is 23.6 Å². The lowest BCUT2D eigenvalue weighted by atomic mass is 9.83. The number of unbranched alkanes of at least 4 members (excludes halogenated alkanes) is 1. The second-order valence-electron chi connectivity index (χ2n) is 6.09. The number of carbonyl (C=O) groups excluding carboxylic acids is 1. The van der Waals surface area contributed by atoms with Gasteiger partial charge >= 0.3 is 7.12 Å². The Morgan fingerprint density at radius 1 is 1.30 bits per heavy atom. The summed E-state index contributed by atoms with van der Waals surface area (Å²) in [7, 11) is -1.34. The smallest absolute Gasteiger partial charge is 0.427 e. The van der Waals surface area contributed by atoms with Crippen LogP contribution >= 0.6 is 0 Å². The summed E-state index contributed by atoms with van der Waals surface area (Å²) in [6.07, 6.45) is 2.00. The Hall–Kier alpha value is -2.44. The number of benzene rings is 1. The summed E-state index contributed by atoms with van der Waals surface area (Å²) in [6.45, 7) is -0.141. The van der Waals surface area contributed by atoms with Crippen LogP contribution in [0.4, 0.5) is 8.78 Å². The molecule has 1 amide bonds. The second kappa shape index (κ2) is 10.0. The highest BCUT2D eigenvalue weighted by Gasteiger charge is 2.17. The Bertz CT molecular complexity index is 761. The molecule has 0 spiro atoms. The van der Waals surface area contributed by atoms with Gasteiger partial charge in [-0.2, -0.15) is 0 Å². The van der Waals surface area contributed by atoms with Crippen molar-refractivity contribution in [3.63, 3.8) is 0 Å². The van der Waals surface area contributed by atoms with Gasteiger partial charge in [0.15, 0.2) is 17.5 Å². The zero-order valence-electron chi connectivity index (χ0n) is 14.6. The summed E-state index contributed by atoms with van der Waals surface area (Å²) in [4.78, 5) is 12.1. The lowest BCUT2D eigenvalue weighted by molar-refractivity contribution is -0.122. The molecule has 9 nitrogen and oxygen atoms in total. The third kappa shape index (κ3) is 6.66. The first-order valence-electron chi connectivity index (χ1n) is 8.45. The molecule has 1 unspecified atom stereocenters. The zero-order chi connectivity index (χ0) is 19.8. The minimum atomic E-state index is -1.34. The molecule has 5 N–H and O–H groups in total. The number of aromatic nitrogens is 4. The monoisotopic (exact) mass is 382 g/mol. The number of nitrogens with two attached hydrogens (primary N) is 1. The Balaban J connectivity index is 1.83. The first kappa shape index (κ1) is 20.9. The fourth-order valence-corrected chi connectivity index (χ4v) is 2.45. The van der Waals surface area contributed by atoms with Gasteiger partial charge < -0.3 is 21.1 Å². The van der Waals surface area contributed by atoms with Crippen molar-refractivity contribution in [3.8, 4) is 0 Å². The van der Waals surface area contributed by atoms with Crippen molar-refractivity contribution >= 4 is 13.0 Å². The number of hydrogen-bond acceptors (Lipinski definition) is 7. The Morgan fingerprint density at radius 2 is 2.07 bits per heavy atom. The molecule has 0 bridgehead atoms. The number of amides is 1. The molecule has 0 saturated carbocycles. The van der Waals surface area contributed by atoms with Gasteiger partial charge in [0.25, 0.3) is 0 Å². The van der Waals surface area contributed by atoms with Gasteiger partial charge in [0.1, 0.15) is 6.54 Å². The third-order valence-electron chi connectivity index (χ3n) is 3.89. The standard InChI is InChI=1S/C15H21BF2N6O3/c17-11-5-4-10(7-12(11)18)8-20-14(25)9-24-15(21-22-23-24)13(19)3-1-2-6-16(26)27/h4-5,7,13,26-27H,1-3,6,8-9,19H2,(H,20,25). The maximum absolute atomic E-state index is 13.2. The Kier molecular flexibility index (Phi) is 7.76. The van der Waals surface area contributed by atoms with Crippen molar-refractivity contribution in [2.75, 3.05) is 0 Å². The fraction of sp³-hybridized carbons (Fsp3) is 0.467. The third-order valence-corrected chi connectivity index (χ3v) is 3.89. The van der Waals surface area contributed by atoms with Crippen LogP contribution in [0.2, 0.25) is 6.32 Å². The molecule has 0 aliphatic carbocycles. The zero-order valence-corrected chi connectivity index (χ0v) is 14.6. The van der Waals surface area contributed by atoms with Gasteiger partial charge in [-0.1, -0.05) is 18.9 Å². The van der Waals surface area contributed by atoms with Gasteiger partial charge in [-0.3, -0.25) is 4.79 Å². The fourth-order valence-electron chi connectivity index (χ4n) is 2.45. The van der Waals surface area contributed by atoms with E-state index in [9.17, 15) is 13.6 Å². The van der Waals surface area contributed by atoms with E-state index in [4.69, 9.17) is 15.8 Å². The molecule has 1 aromatic heterocycles. The maximum Gasteiger partial charge on any atom is 0.451 e. The Morgan fingerprint density at radius 3 is 2.78 bits per heavy atom. The summed E-state index contributed by atoms with van der Waals surface area (Å²) < 4.78 is 27.3. The van der Waals surface area contributed by atoms with Crippen LogP contribution in [0.3, 0.4) is 0 Å². The molecule has 146 valence electrons. The van der Waals surface area contributed by atoms with Crippen LogP contribution in [-0.4, -0.2) is 43.3 Å². The second-order valence-corrected chi connectivity index (χ2v) is 6.09. The van der Waals surface area contributed by atoms with E-state index >= 15 is 0 Å². The molecular formula is C15H21BF2N6O3. The molecule has 0 aliphatic rings. The van der Waals surface area contributed by atoms with E-state index < -0.39 is 30.7 Å². The van der Waals surface area contributed by atoms with Crippen molar-refractivity contribution in [1.29, 1.82) is 0 Å². The molecule has 0 saturated heterocycles. The number of rotatable bonds is 10. The van der Waals surface area contributed by atoms with Gasteiger partial charge in [-0.25, -0.2) is 13.5 Å². The largest absolute Gasteiger partial charge is 0.451 e. The van der Waals surface area contributed by atoms with Crippen molar-refractivity contribution in [2.24, 2.45) is 5.73 Å². The van der Waals surface area contributed by atoms with E-state index in [2.05, 4.69) is 20.8 Å². The van der Waals surface area contributed by atoms with Gasteiger partial charge in [0.2, 0.25) is 5.91 Å². The number of tetrazole rings is 1. The SMILES string of the molecule is NC(CCCCB(O)O)c1nnnn1CC(=O)NCc1ccc(F)c(F)c1. The quantitative estimate of drug-likeness (QED) is 0.333. The molecule has 0 radical (unpaired) electrons. The highest BCUT2D eigenvalue weighted by Crippen LogP contribution is 2.15. The molecule has 2 rings (SSSR count). The van der Waals surface area contributed by atoms with E-state index in [0.717, 1.165) is 12.1 Å². The van der Waals surface area contributed by atoms with Crippen LogP contribution in [0.1, 0.15) is 36.7 Å². The summed E-state index contributed by atoms with van der Waals surface area (Å²) in [6, 6.07) is 2.87.